The van der Waals surface area contributed by atoms with E-state index in [9.17, 15) is 14.4 Å². The second-order valence-electron chi connectivity index (χ2n) is 7.09. The molecular formula is C24H24N2O3. The van der Waals surface area contributed by atoms with Gasteiger partial charge in [-0.1, -0.05) is 72.8 Å². The first-order valence-electron chi connectivity index (χ1n) is 9.65. The van der Waals surface area contributed by atoms with Crippen LogP contribution in [0.4, 0.5) is 4.79 Å². The van der Waals surface area contributed by atoms with E-state index in [2.05, 4.69) is 0 Å². The lowest BCUT2D eigenvalue weighted by atomic mass is 10.1. The number of barbiturate groups is 1. The van der Waals surface area contributed by atoms with Crippen LogP contribution in [0, 0.1) is 0 Å². The van der Waals surface area contributed by atoms with Crippen molar-refractivity contribution in [3.05, 3.63) is 89.5 Å². The average molecular weight is 388 g/mol. The third kappa shape index (κ3) is 4.69. The molecule has 5 nitrogen and oxygen atoms in total. The van der Waals surface area contributed by atoms with E-state index in [4.69, 9.17) is 0 Å². The van der Waals surface area contributed by atoms with Gasteiger partial charge in [-0.3, -0.25) is 19.4 Å². The summed E-state index contributed by atoms with van der Waals surface area (Å²) in [6, 6.07) is 18.3. The van der Waals surface area contributed by atoms with Crippen LogP contribution in [-0.4, -0.2) is 40.2 Å². The first kappa shape index (κ1) is 20.3. The van der Waals surface area contributed by atoms with Crippen LogP contribution in [0.2, 0.25) is 0 Å². The summed E-state index contributed by atoms with van der Waals surface area (Å²) in [6.07, 6.45) is 5.52. The Kier molecular flexibility index (Phi) is 6.39. The van der Waals surface area contributed by atoms with Crippen molar-refractivity contribution in [1.29, 1.82) is 0 Å². The van der Waals surface area contributed by atoms with Crippen LogP contribution >= 0.6 is 0 Å². The van der Waals surface area contributed by atoms with Gasteiger partial charge in [-0.05, 0) is 37.5 Å². The number of amides is 4. The Hall–Kier alpha value is -3.47. The van der Waals surface area contributed by atoms with Gasteiger partial charge in [-0.2, -0.15) is 0 Å². The van der Waals surface area contributed by atoms with E-state index in [1.807, 2.05) is 66.7 Å². The molecule has 1 aliphatic heterocycles. The number of nitrogens with zero attached hydrogens (tertiary/aromatic N) is 2. The van der Waals surface area contributed by atoms with Crippen molar-refractivity contribution in [2.75, 3.05) is 6.54 Å². The quantitative estimate of drug-likeness (QED) is 0.554. The van der Waals surface area contributed by atoms with Gasteiger partial charge in [0.2, 0.25) is 0 Å². The Morgan fingerprint density at radius 2 is 1.48 bits per heavy atom. The molecule has 29 heavy (non-hydrogen) atoms. The first-order valence-corrected chi connectivity index (χ1v) is 9.65. The predicted molar refractivity (Wildman–Crippen MR) is 113 cm³/mol. The molecule has 4 amide bonds. The van der Waals surface area contributed by atoms with Gasteiger partial charge < -0.3 is 0 Å². The van der Waals surface area contributed by atoms with Gasteiger partial charge in [0.05, 0.1) is 0 Å². The molecule has 1 fully saturated rings. The van der Waals surface area contributed by atoms with E-state index in [0.717, 1.165) is 20.9 Å². The van der Waals surface area contributed by atoms with Gasteiger partial charge in [0.1, 0.15) is 5.57 Å². The molecule has 1 saturated heterocycles. The average Bonchev–Trinajstić information content (AvgIpc) is 2.71. The van der Waals surface area contributed by atoms with Crippen molar-refractivity contribution in [3.63, 3.8) is 0 Å². The summed E-state index contributed by atoms with van der Waals surface area (Å²) in [6.45, 7) is 3.74. The Morgan fingerprint density at radius 1 is 0.862 bits per heavy atom. The lowest BCUT2D eigenvalue weighted by molar-refractivity contribution is -0.136. The minimum Gasteiger partial charge on any atom is -0.268 e. The summed E-state index contributed by atoms with van der Waals surface area (Å²) in [7, 11) is 0. The van der Waals surface area contributed by atoms with Crippen molar-refractivity contribution in [1.82, 2.24) is 9.80 Å². The van der Waals surface area contributed by atoms with E-state index in [1.165, 1.54) is 6.08 Å². The number of hydrogen-bond acceptors (Lipinski definition) is 3. The highest BCUT2D eigenvalue weighted by atomic mass is 16.2. The molecule has 0 atom stereocenters. The van der Waals surface area contributed by atoms with Crippen LogP contribution in [0.25, 0.3) is 6.08 Å². The zero-order valence-electron chi connectivity index (χ0n) is 16.6. The number of rotatable bonds is 6. The lowest BCUT2D eigenvalue weighted by Crippen LogP contribution is -2.58. The van der Waals surface area contributed by atoms with Gasteiger partial charge in [-0.25, -0.2) is 4.79 Å². The Bertz CT molecular complexity index is 947. The van der Waals surface area contributed by atoms with Crippen molar-refractivity contribution in [2.24, 2.45) is 0 Å². The highest BCUT2D eigenvalue weighted by molar-refractivity contribution is 6.29. The molecule has 1 aliphatic rings. The molecule has 0 aromatic heterocycles. The molecule has 0 bridgehead atoms. The van der Waals surface area contributed by atoms with E-state index in [-0.39, 0.29) is 18.2 Å². The molecule has 148 valence electrons. The molecule has 1 heterocycles. The van der Waals surface area contributed by atoms with Crippen LogP contribution in [0.3, 0.4) is 0 Å². The molecule has 5 heteroatoms. The Morgan fingerprint density at radius 3 is 2.10 bits per heavy atom. The molecule has 3 rings (SSSR count). The third-order valence-electron chi connectivity index (χ3n) is 4.70. The number of imide groups is 2. The van der Waals surface area contributed by atoms with Crippen LogP contribution in [0.15, 0.2) is 78.4 Å². The summed E-state index contributed by atoms with van der Waals surface area (Å²) in [5.41, 5.74) is 1.98. The van der Waals surface area contributed by atoms with Crippen LogP contribution in [0.1, 0.15) is 25.0 Å². The minimum absolute atomic E-state index is 0.00135. The molecular weight excluding hydrogens is 364 g/mol. The number of allylic oxidation sites excluding steroid dienone is 2. The fourth-order valence-corrected chi connectivity index (χ4v) is 3.17. The SMILES string of the molecule is CC(C)N1C(=O)/C(=C/C=C/c2ccccc2)C(=O)N(CCc2ccccc2)C1=O. The van der Waals surface area contributed by atoms with Gasteiger partial charge >= 0.3 is 6.03 Å². The molecule has 2 aromatic rings. The minimum atomic E-state index is -0.560. The maximum Gasteiger partial charge on any atom is 0.334 e. The standard InChI is InChI=1S/C24H24N2O3/c1-18(2)26-23(28)21(15-9-14-19-10-5-3-6-11-19)22(27)25(24(26)29)17-16-20-12-7-4-8-13-20/h3-15,18H,16-17H2,1-2H3/b14-9+,21-15+. The van der Waals surface area contributed by atoms with E-state index in [0.29, 0.717) is 6.42 Å². The number of benzene rings is 2. The normalized spacial score (nSPS) is 16.5. The van der Waals surface area contributed by atoms with Crippen LogP contribution < -0.4 is 0 Å². The van der Waals surface area contributed by atoms with Gasteiger partial charge in [0.25, 0.3) is 11.8 Å². The summed E-state index contributed by atoms with van der Waals surface area (Å²) in [4.78, 5) is 40.9. The predicted octanol–water partition coefficient (Wildman–Crippen LogP) is 4.07. The summed E-state index contributed by atoms with van der Waals surface area (Å²) in [5.74, 6) is -1.10. The highest BCUT2D eigenvalue weighted by Gasteiger charge is 2.42. The first-order chi connectivity index (χ1) is 14.0. The smallest absolute Gasteiger partial charge is 0.268 e. The van der Waals surface area contributed by atoms with Crippen molar-refractivity contribution in [3.8, 4) is 0 Å². The van der Waals surface area contributed by atoms with E-state index < -0.39 is 17.8 Å². The number of hydrogen-bond donors (Lipinski definition) is 0. The van der Waals surface area contributed by atoms with Gasteiger partial charge in [0.15, 0.2) is 0 Å². The zero-order chi connectivity index (χ0) is 20.8. The molecule has 0 aliphatic carbocycles. The second kappa shape index (κ2) is 9.15. The maximum absolute atomic E-state index is 12.9. The topological polar surface area (TPSA) is 57.7 Å². The van der Waals surface area contributed by atoms with Crippen LogP contribution in [0.5, 0.6) is 0 Å². The molecule has 0 radical (unpaired) electrons. The van der Waals surface area contributed by atoms with Crippen molar-refractivity contribution in [2.45, 2.75) is 26.3 Å². The highest BCUT2D eigenvalue weighted by Crippen LogP contribution is 2.21. The Balaban J connectivity index is 1.85. The fraction of sp³-hybridized carbons (Fsp3) is 0.208. The monoisotopic (exact) mass is 388 g/mol. The molecule has 0 N–H and O–H groups in total. The molecule has 0 unspecified atom stereocenters. The largest absolute Gasteiger partial charge is 0.334 e. The van der Waals surface area contributed by atoms with Crippen molar-refractivity contribution < 1.29 is 14.4 Å². The van der Waals surface area contributed by atoms with Crippen molar-refractivity contribution >= 4 is 23.9 Å². The summed E-state index contributed by atoms with van der Waals surface area (Å²) in [5, 5.41) is 0. The summed E-state index contributed by atoms with van der Waals surface area (Å²) < 4.78 is 0. The lowest BCUT2D eigenvalue weighted by Gasteiger charge is -2.36. The third-order valence-corrected chi connectivity index (χ3v) is 4.70. The van der Waals surface area contributed by atoms with Crippen LogP contribution in [-0.2, 0) is 16.0 Å². The molecule has 2 aromatic carbocycles. The van der Waals surface area contributed by atoms with E-state index >= 15 is 0 Å². The second-order valence-corrected chi connectivity index (χ2v) is 7.09. The van der Waals surface area contributed by atoms with E-state index in [1.54, 1.807) is 19.9 Å². The zero-order valence-corrected chi connectivity index (χ0v) is 16.6. The number of urea groups is 1. The number of carbonyl (C=O) groups is 3. The molecule has 0 saturated carbocycles. The Labute approximate surface area is 170 Å². The van der Waals surface area contributed by atoms with Gasteiger partial charge in [0, 0.05) is 12.6 Å². The van der Waals surface area contributed by atoms with Gasteiger partial charge in [-0.15, -0.1) is 0 Å². The number of carbonyl (C=O) groups excluding carboxylic acids is 3. The summed E-state index contributed by atoms with van der Waals surface area (Å²) >= 11 is 0. The fourth-order valence-electron chi connectivity index (χ4n) is 3.17. The molecule has 0 spiro atoms. The maximum atomic E-state index is 12.9.